The molecule has 9 nitrogen and oxygen atoms in total. The largest absolute Gasteiger partial charge is 1.00 e. The molecule has 2 amide bonds. The smallest absolute Gasteiger partial charge is 0.731 e. The van der Waals surface area contributed by atoms with Crippen molar-refractivity contribution in [3.8, 4) is 0 Å². The number of hydrogen-bond acceptors (Lipinski definition) is 7. The topological polar surface area (TPSA) is 136 Å². The third-order valence-electron chi connectivity index (χ3n) is 3.77. The fourth-order valence-electron chi connectivity index (χ4n) is 2.66. The molecule has 12 heteroatoms. The first kappa shape index (κ1) is 23.4. The minimum absolute atomic E-state index is 0. The fourth-order valence-corrected chi connectivity index (χ4v) is 3.60. The number of ether oxygens (including phenoxy) is 1. The number of amides is 2. The Morgan fingerprint density at radius 1 is 1.35 bits per heavy atom. The molecule has 26 heavy (non-hydrogen) atoms. The number of anilines is 1. The fraction of sp³-hybridized carbons (Fsp3) is 0.429. The minimum atomic E-state index is -5.11. The number of carbonyl (C=O) groups excluding carboxylic acids is 2. The van der Waals surface area contributed by atoms with Crippen LogP contribution in [0.4, 0.5) is 14.9 Å². The van der Waals surface area contributed by atoms with E-state index < -0.39 is 52.3 Å². The van der Waals surface area contributed by atoms with Gasteiger partial charge in [-0.05, 0) is 38.1 Å². The Balaban J connectivity index is 0.00000338. The Labute approximate surface area is 192 Å². The Bertz CT molecular complexity index is 772. The van der Waals surface area contributed by atoms with Gasteiger partial charge < -0.3 is 14.4 Å². The van der Waals surface area contributed by atoms with Gasteiger partial charge in [0.2, 0.25) is 5.91 Å². The van der Waals surface area contributed by atoms with Crippen molar-refractivity contribution in [3.63, 3.8) is 0 Å². The Kier molecular flexibility index (Phi) is 8.16. The number of nitrogens with one attached hydrogen (secondary N) is 1. The molecule has 0 unspecified atom stereocenters. The molecule has 1 aliphatic heterocycles. The van der Waals surface area contributed by atoms with Gasteiger partial charge in [-0.2, -0.15) is 0 Å². The summed E-state index contributed by atoms with van der Waals surface area (Å²) in [5, 5.41) is 11.9. The van der Waals surface area contributed by atoms with Crippen LogP contribution in [-0.2, 0) is 19.8 Å². The van der Waals surface area contributed by atoms with E-state index in [1.807, 2.05) is 0 Å². The summed E-state index contributed by atoms with van der Waals surface area (Å²) in [4.78, 5) is 23.6. The van der Waals surface area contributed by atoms with E-state index in [1.54, 1.807) is 0 Å². The van der Waals surface area contributed by atoms with E-state index in [9.17, 15) is 32.1 Å². The number of benzene rings is 1. The molecule has 0 spiro atoms. The van der Waals surface area contributed by atoms with Crippen LogP contribution in [0.2, 0.25) is 0 Å². The van der Waals surface area contributed by atoms with Crippen molar-refractivity contribution in [2.75, 3.05) is 5.32 Å². The molecule has 0 bridgehead atoms. The molecule has 1 saturated heterocycles. The van der Waals surface area contributed by atoms with E-state index in [0.29, 0.717) is 0 Å². The number of nitrogens with zero attached hydrogens (tertiary/aromatic N) is 1. The summed E-state index contributed by atoms with van der Waals surface area (Å²) in [5.41, 5.74) is 0.226. The predicted octanol–water partition coefficient (Wildman–Crippen LogP) is -2.57. The van der Waals surface area contributed by atoms with Crippen molar-refractivity contribution < 1.29 is 88.2 Å². The molecule has 1 aromatic rings. The zero-order valence-electron chi connectivity index (χ0n) is 14.2. The maximum absolute atomic E-state index is 12.8. The third-order valence-corrected chi connectivity index (χ3v) is 4.67. The van der Waals surface area contributed by atoms with Crippen molar-refractivity contribution in [3.05, 3.63) is 30.1 Å². The summed E-state index contributed by atoms with van der Waals surface area (Å²) in [6.45, 7) is 2.55. The van der Waals surface area contributed by atoms with Crippen LogP contribution in [-0.4, -0.2) is 52.6 Å². The van der Waals surface area contributed by atoms with E-state index in [4.69, 9.17) is 4.74 Å². The molecular formula is C14H16FKN2O7S. The van der Waals surface area contributed by atoms with Gasteiger partial charge in [-0.25, -0.2) is 21.9 Å². The number of aliphatic hydroxyl groups is 1. The van der Waals surface area contributed by atoms with Gasteiger partial charge in [-0.1, -0.05) is 0 Å². The van der Waals surface area contributed by atoms with E-state index in [-0.39, 0.29) is 61.4 Å². The maximum atomic E-state index is 12.8. The molecular weight excluding hydrogens is 398 g/mol. The molecule has 4 atom stereocenters. The second-order valence-electron chi connectivity index (χ2n) is 5.59. The van der Waals surface area contributed by atoms with Crippen LogP contribution in [0.25, 0.3) is 0 Å². The SMILES string of the molecule is C[C@H](OC(=O)Nc1ccc(F)cc1)[C@@H]1[C@@H]([C@@H](C)O)C(=O)N1S(=O)(=O)[O-].[K+]. The van der Waals surface area contributed by atoms with Gasteiger partial charge >= 0.3 is 57.5 Å². The molecule has 0 radical (unpaired) electrons. The normalized spacial score (nSPS) is 21.9. The van der Waals surface area contributed by atoms with Crippen LogP contribution < -0.4 is 56.7 Å². The minimum Gasteiger partial charge on any atom is -0.731 e. The summed E-state index contributed by atoms with van der Waals surface area (Å²) in [6, 6.07) is 3.47. The monoisotopic (exact) mass is 414 g/mol. The third kappa shape index (κ3) is 5.22. The van der Waals surface area contributed by atoms with Crippen LogP contribution in [0.5, 0.6) is 0 Å². The first-order valence-electron chi connectivity index (χ1n) is 7.22. The summed E-state index contributed by atoms with van der Waals surface area (Å²) in [6.07, 6.45) is -3.42. The van der Waals surface area contributed by atoms with Gasteiger partial charge in [0.15, 0.2) is 10.3 Å². The van der Waals surface area contributed by atoms with Crippen LogP contribution in [0.1, 0.15) is 13.8 Å². The Morgan fingerprint density at radius 2 is 1.88 bits per heavy atom. The molecule has 2 N–H and O–H groups in total. The van der Waals surface area contributed by atoms with Gasteiger partial charge in [0.05, 0.1) is 18.1 Å². The summed E-state index contributed by atoms with van der Waals surface area (Å²) < 4.78 is 51.4. The zero-order valence-corrected chi connectivity index (χ0v) is 18.2. The van der Waals surface area contributed by atoms with Crippen LogP contribution in [0, 0.1) is 11.7 Å². The molecule has 0 saturated carbocycles. The van der Waals surface area contributed by atoms with Gasteiger partial charge in [-0.15, -0.1) is 0 Å². The average molecular weight is 414 g/mol. The van der Waals surface area contributed by atoms with E-state index in [2.05, 4.69) is 5.32 Å². The average Bonchev–Trinajstić information content (AvgIpc) is 2.44. The standard InChI is InChI=1S/C14H17FN2O7S.K/c1-7(18)11-12(17(13(11)19)25(21,22)23)8(2)24-14(20)16-10-5-3-9(15)4-6-10;/h3-8,11-12,18H,1-2H3,(H,16,20)(H,21,22,23);/q;+1/p-1/t7-,8+,11-,12-;/m1./s1. The molecule has 0 aliphatic carbocycles. The van der Waals surface area contributed by atoms with Crippen LogP contribution >= 0.6 is 0 Å². The molecule has 2 rings (SSSR count). The van der Waals surface area contributed by atoms with Crippen LogP contribution in [0.3, 0.4) is 0 Å². The summed E-state index contributed by atoms with van der Waals surface area (Å²) in [5.74, 6) is -2.74. The van der Waals surface area contributed by atoms with Gasteiger partial charge in [0.1, 0.15) is 11.9 Å². The number of aliphatic hydroxyl groups excluding tert-OH is 1. The number of rotatable bonds is 5. The van der Waals surface area contributed by atoms with E-state index in [0.717, 1.165) is 12.1 Å². The molecule has 138 valence electrons. The second kappa shape index (κ2) is 9.06. The van der Waals surface area contributed by atoms with E-state index in [1.165, 1.54) is 26.0 Å². The number of β-lactam (4-membered cyclic amide) rings is 1. The van der Waals surface area contributed by atoms with E-state index >= 15 is 0 Å². The second-order valence-corrected chi connectivity index (χ2v) is 6.84. The molecule has 1 heterocycles. The molecule has 0 aromatic heterocycles. The van der Waals surface area contributed by atoms with Gasteiger partial charge in [-0.3, -0.25) is 10.1 Å². The van der Waals surface area contributed by atoms with Gasteiger partial charge in [0, 0.05) is 5.69 Å². The van der Waals surface area contributed by atoms with Gasteiger partial charge in [0.25, 0.3) is 0 Å². The van der Waals surface area contributed by atoms with Crippen molar-refractivity contribution >= 4 is 28.0 Å². The zero-order chi connectivity index (χ0) is 18.9. The first-order valence-corrected chi connectivity index (χ1v) is 8.59. The molecule has 1 aliphatic rings. The van der Waals surface area contributed by atoms with Crippen molar-refractivity contribution in [1.82, 2.24) is 4.31 Å². The number of carbonyl (C=O) groups is 2. The van der Waals surface area contributed by atoms with Crippen molar-refractivity contribution in [2.45, 2.75) is 32.1 Å². The predicted molar refractivity (Wildman–Crippen MR) is 81.5 cm³/mol. The summed E-state index contributed by atoms with van der Waals surface area (Å²) in [7, 11) is -5.11. The number of halogens is 1. The Hall–Kier alpha value is -0.604. The van der Waals surface area contributed by atoms with Crippen LogP contribution in [0.15, 0.2) is 24.3 Å². The van der Waals surface area contributed by atoms with Crippen molar-refractivity contribution in [1.29, 1.82) is 0 Å². The maximum Gasteiger partial charge on any atom is 1.00 e. The first-order chi connectivity index (χ1) is 11.5. The molecule has 1 aromatic carbocycles. The Morgan fingerprint density at radius 3 is 2.35 bits per heavy atom. The molecule has 1 fully saturated rings. The van der Waals surface area contributed by atoms with Crippen molar-refractivity contribution in [2.24, 2.45) is 5.92 Å². The summed E-state index contributed by atoms with van der Waals surface area (Å²) >= 11 is 0. The quantitative estimate of drug-likeness (QED) is 0.307. The number of hydrogen-bond donors (Lipinski definition) is 2.